The van der Waals surface area contributed by atoms with Crippen molar-refractivity contribution < 1.29 is 8.42 Å². The van der Waals surface area contributed by atoms with E-state index in [2.05, 4.69) is 15.9 Å². The molecule has 0 spiro atoms. The molecule has 0 aliphatic carbocycles. The molecule has 100 valence electrons. The van der Waals surface area contributed by atoms with Gasteiger partial charge in [-0.25, -0.2) is 8.42 Å². The fraction of sp³-hybridized carbons (Fsp3) is 0.500. The molecule has 1 aromatic carbocycles. The number of halogens is 2. The van der Waals surface area contributed by atoms with Gasteiger partial charge in [0.1, 0.15) is 0 Å². The van der Waals surface area contributed by atoms with Crippen LogP contribution < -0.4 is 0 Å². The summed E-state index contributed by atoms with van der Waals surface area (Å²) < 4.78 is 27.4. The standard InChI is InChI=1S/C12H15BrClNO2S/c13-10-4-3-6-12(8-10)18(16,17)15-7-2-1-5-11(15)9-14/h3-4,6,8,11H,1-2,5,7,9H2. The Bertz CT molecular complexity index is 521. The Balaban J connectivity index is 2.35. The molecular weight excluding hydrogens is 338 g/mol. The van der Waals surface area contributed by atoms with Crippen molar-refractivity contribution in [3.05, 3.63) is 28.7 Å². The van der Waals surface area contributed by atoms with Crippen LogP contribution in [-0.4, -0.2) is 31.2 Å². The number of hydrogen-bond acceptors (Lipinski definition) is 2. The summed E-state index contributed by atoms with van der Waals surface area (Å²) in [6.07, 6.45) is 2.79. The van der Waals surface area contributed by atoms with Crippen LogP contribution in [0.4, 0.5) is 0 Å². The second kappa shape index (κ2) is 5.90. The van der Waals surface area contributed by atoms with Crippen LogP contribution in [0, 0.1) is 0 Å². The van der Waals surface area contributed by atoms with E-state index in [4.69, 9.17) is 11.6 Å². The maximum atomic E-state index is 12.6. The topological polar surface area (TPSA) is 37.4 Å². The van der Waals surface area contributed by atoms with Gasteiger partial charge in [-0.2, -0.15) is 4.31 Å². The number of benzene rings is 1. The summed E-state index contributed by atoms with van der Waals surface area (Å²) in [5, 5.41) is 0. The maximum Gasteiger partial charge on any atom is 0.243 e. The lowest BCUT2D eigenvalue weighted by Crippen LogP contribution is -2.44. The highest BCUT2D eigenvalue weighted by Gasteiger charge is 2.32. The molecule has 0 saturated carbocycles. The van der Waals surface area contributed by atoms with E-state index in [1.54, 1.807) is 22.5 Å². The molecule has 1 atom stereocenters. The molecule has 2 rings (SSSR count). The van der Waals surface area contributed by atoms with Gasteiger partial charge in [-0.1, -0.05) is 28.4 Å². The SMILES string of the molecule is O=S(=O)(c1cccc(Br)c1)N1CCCCC1CCl. The van der Waals surface area contributed by atoms with Crippen LogP contribution in [0.3, 0.4) is 0 Å². The molecule has 0 radical (unpaired) electrons. The molecule has 0 N–H and O–H groups in total. The Kier molecular flexibility index (Phi) is 4.69. The van der Waals surface area contributed by atoms with E-state index in [0.29, 0.717) is 17.3 Å². The predicted octanol–water partition coefficient (Wildman–Crippen LogP) is 3.23. The van der Waals surface area contributed by atoms with Gasteiger partial charge in [0.15, 0.2) is 0 Å². The van der Waals surface area contributed by atoms with Crippen molar-refractivity contribution in [1.82, 2.24) is 4.31 Å². The summed E-state index contributed by atoms with van der Waals surface area (Å²) in [4.78, 5) is 0.328. The molecule has 3 nitrogen and oxygen atoms in total. The van der Waals surface area contributed by atoms with Crippen molar-refractivity contribution in [1.29, 1.82) is 0 Å². The van der Waals surface area contributed by atoms with Crippen LogP contribution in [0.25, 0.3) is 0 Å². The van der Waals surface area contributed by atoms with Crippen LogP contribution in [0.2, 0.25) is 0 Å². The van der Waals surface area contributed by atoms with Gasteiger partial charge >= 0.3 is 0 Å². The zero-order valence-electron chi connectivity index (χ0n) is 9.85. The maximum absolute atomic E-state index is 12.6. The van der Waals surface area contributed by atoms with E-state index in [-0.39, 0.29) is 6.04 Å². The molecular formula is C12H15BrClNO2S. The van der Waals surface area contributed by atoms with Crippen LogP contribution >= 0.6 is 27.5 Å². The first-order valence-corrected chi connectivity index (χ1v) is 8.66. The molecule has 1 aliphatic rings. The van der Waals surface area contributed by atoms with Crippen molar-refractivity contribution >= 4 is 37.6 Å². The Morgan fingerprint density at radius 2 is 2.17 bits per heavy atom. The van der Waals surface area contributed by atoms with E-state index in [9.17, 15) is 8.42 Å². The van der Waals surface area contributed by atoms with Crippen molar-refractivity contribution in [3.63, 3.8) is 0 Å². The highest BCUT2D eigenvalue weighted by atomic mass is 79.9. The Morgan fingerprint density at radius 3 is 2.83 bits per heavy atom. The number of nitrogens with zero attached hydrogens (tertiary/aromatic N) is 1. The highest BCUT2D eigenvalue weighted by Crippen LogP contribution is 2.27. The van der Waals surface area contributed by atoms with Gasteiger partial charge in [-0.05, 0) is 31.0 Å². The zero-order valence-corrected chi connectivity index (χ0v) is 13.0. The second-order valence-electron chi connectivity index (χ2n) is 4.38. The largest absolute Gasteiger partial charge is 0.243 e. The lowest BCUT2D eigenvalue weighted by Gasteiger charge is -2.33. The molecule has 1 unspecified atom stereocenters. The van der Waals surface area contributed by atoms with Crippen LogP contribution in [0.1, 0.15) is 19.3 Å². The first-order chi connectivity index (χ1) is 8.55. The average molecular weight is 353 g/mol. The van der Waals surface area contributed by atoms with Gasteiger partial charge in [0, 0.05) is 22.9 Å². The minimum Gasteiger partial charge on any atom is -0.207 e. The fourth-order valence-electron chi connectivity index (χ4n) is 2.21. The summed E-state index contributed by atoms with van der Waals surface area (Å²) in [6, 6.07) is 6.73. The third-order valence-electron chi connectivity index (χ3n) is 3.15. The summed E-state index contributed by atoms with van der Waals surface area (Å²) in [6.45, 7) is 0.562. The minimum absolute atomic E-state index is 0.0793. The predicted molar refractivity (Wildman–Crippen MR) is 76.4 cm³/mol. The van der Waals surface area contributed by atoms with Gasteiger partial charge in [-0.3, -0.25) is 0 Å². The van der Waals surface area contributed by atoms with Gasteiger partial charge in [0.05, 0.1) is 4.90 Å². The zero-order chi connectivity index (χ0) is 13.2. The van der Waals surface area contributed by atoms with E-state index in [1.165, 1.54) is 0 Å². The highest BCUT2D eigenvalue weighted by molar-refractivity contribution is 9.10. The van der Waals surface area contributed by atoms with Gasteiger partial charge in [0.25, 0.3) is 0 Å². The summed E-state index contributed by atoms with van der Waals surface area (Å²) in [7, 11) is -3.43. The Morgan fingerprint density at radius 1 is 1.39 bits per heavy atom. The number of rotatable bonds is 3. The summed E-state index contributed by atoms with van der Waals surface area (Å²) in [5.74, 6) is 0.354. The second-order valence-corrected chi connectivity index (χ2v) is 7.49. The van der Waals surface area contributed by atoms with Gasteiger partial charge in [-0.15, -0.1) is 11.6 Å². The third kappa shape index (κ3) is 2.90. The lowest BCUT2D eigenvalue weighted by atomic mass is 10.1. The van der Waals surface area contributed by atoms with E-state index >= 15 is 0 Å². The molecule has 1 fully saturated rings. The smallest absolute Gasteiger partial charge is 0.207 e. The molecule has 1 saturated heterocycles. The quantitative estimate of drug-likeness (QED) is 0.783. The molecule has 0 bridgehead atoms. The number of sulfonamides is 1. The first kappa shape index (κ1) is 14.3. The number of hydrogen-bond donors (Lipinski definition) is 0. The van der Waals surface area contributed by atoms with E-state index < -0.39 is 10.0 Å². The number of alkyl halides is 1. The Hall–Kier alpha value is -0.100. The molecule has 0 aromatic heterocycles. The molecule has 0 amide bonds. The lowest BCUT2D eigenvalue weighted by molar-refractivity contribution is 0.271. The molecule has 1 aromatic rings. The summed E-state index contributed by atoms with van der Waals surface area (Å²) in [5.41, 5.74) is 0. The van der Waals surface area contributed by atoms with Crippen LogP contribution in [0.5, 0.6) is 0 Å². The molecule has 6 heteroatoms. The van der Waals surface area contributed by atoms with Gasteiger partial charge in [0.2, 0.25) is 10.0 Å². The van der Waals surface area contributed by atoms with Crippen molar-refractivity contribution in [2.75, 3.05) is 12.4 Å². The van der Waals surface area contributed by atoms with Crippen molar-refractivity contribution in [2.24, 2.45) is 0 Å². The Labute approximate surface area is 121 Å². The fourth-order valence-corrected chi connectivity index (χ4v) is 4.90. The molecule has 1 aliphatic heterocycles. The van der Waals surface area contributed by atoms with Gasteiger partial charge < -0.3 is 0 Å². The van der Waals surface area contributed by atoms with E-state index in [1.807, 2.05) is 6.07 Å². The molecule has 1 heterocycles. The number of piperidine rings is 1. The van der Waals surface area contributed by atoms with Crippen LogP contribution in [-0.2, 0) is 10.0 Å². The third-order valence-corrected chi connectivity index (χ3v) is 5.95. The first-order valence-electron chi connectivity index (χ1n) is 5.89. The minimum atomic E-state index is -3.43. The summed E-state index contributed by atoms with van der Waals surface area (Å²) >= 11 is 9.19. The van der Waals surface area contributed by atoms with E-state index in [0.717, 1.165) is 23.7 Å². The monoisotopic (exact) mass is 351 g/mol. The van der Waals surface area contributed by atoms with Crippen LogP contribution in [0.15, 0.2) is 33.6 Å². The van der Waals surface area contributed by atoms with Crippen molar-refractivity contribution in [3.8, 4) is 0 Å². The van der Waals surface area contributed by atoms with Crippen molar-refractivity contribution in [2.45, 2.75) is 30.2 Å². The normalized spacial score (nSPS) is 22.0. The molecule has 18 heavy (non-hydrogen) atoms. The average Bonchev–Trinajstić information content (AvgIpc) is 2.38.